The van der Waals surface area contributed by atoms with Crippen molar-refractivity contribution in [2.24, 2.45) is 5.92 Å². The summed E-state index contributed by atoms with van der Waals surface area (Å²) in [6, 6.07) is 2.00. The van der Waals surface area contributed by atoms with Gasteiger partial charge in [0.25, 0.3) is 0 Å². The van der Waals surface area contributed by atoms with Gasteiger partial charge in [0.15, 0.2) is 0 Å². The van der Waals surface area contributed by atoms with Crippen LogP contribution in [-0.4, -0.2) is 51.9 Å². The van der Waals surface area contributed by atoms with Gasteiger partial charge >= 0.3 is 0 Å². The second-order valence-electron chi connectivity index (χ2n) is 5.73. The van der Waals surface area contributed by atoms with Crippen LogP contribution in [0.15, 0.2) is 18.6 Å². The van der Waals surface area contributed by atoms with E-state index in [0.29, 0.717) is 0 Å². The zero-order valence-corrected chi connectivity index (χ0v) is 13.2. The van der Waals surface area contributed by atoms with E-state index in [4.69, 9.17) is 0 Å². The van der Waals surface area contributed by atoms with Gasteiger partial charge in [-0.15, -0.1) is 0 Å². The van der Waals surface area contributed by atoms with Gasteiger partial charge in [0.1, 0.15) is 17.8 Å². The summed E-state index contributed by atoms with van der Waals surface area (Å²) >= 11 is 0. The van der Waals surface area contributed by atoms with Crippen LogP contribution >= 0.6 is 0 Å². The highest BCUT2D eigenvalue weighted by molar-refractivity contribution is 5.88. The number of hydrogen-bond acceptors (Lipinski definition) is 4. The summed E-state index contributed by atoms with van der Waals surface area (Å²) in [5.74, 6) is 1.27. The van der Waals surface area contributed by atoms with Gasteiger partial charge in [0.05, 0.1) is 11.3 Å². The van der Waals surface area contributed by atoms with Crippen molar-refractivity contribution >= 4 is 22.8 Å². The second kappa shape index (κ2) is 6.34. The van der Waals surface area contributed by atoms with E-state index >= 15 is 0 Å². The highest BCUT2D eigenvalue weighted by Crippen LogP contribution is 2.27. The van der Waals surface area contributed by atoms with Gasteiger partial charge in [-0.05, 0) is 32.8 Å². The Morgan fingerprint density at radius 2 is 2.23 bits per heavy atom. The Morgan fingerprint density at radius 3 is 3.00 bits per heavy atom. The number of aromatic nitrogens is 3. The fourth-order valence-electron chi connectivity index (χ4n) is 3.28. The molecule has 1 aliphatic heterocycles. The van der Waals surface area contributed by atoms with Crippen LogP contribution in [0.3, 0.4) is 0 Å². The third-order valence-corrected chi connectivity index (χ3v) is 4.48. The number of nitrogens with one attached hydrogen (secondary N) is 1. The van der Waals surface area contributed by atoms with Crippen LogP contribution in [0.1, 0.15) is 26.7 Å². The molecule has 0 radical (unpaired) electrons. The first-order valence-electron chi connectivity index (χ1n) is 8.06. The molecule has 0 aliphatic carbocycles. The number of amides is 1. The molecule has 0 saturated carbocycles. The number of rotatable bonds is 4. The molecule has 2 aromatic rings. The number of carbonyl (C=O) groups excluding carboxylic acids is 1. The minimum atomic E-state index is 0.0672. The minimum Gasteiger partial charge on any atom is -0.355 e. The molecule has 1 atom stereocenters. The van der Waals surface area contributed by atoms with Gasteiger partial charge in [-0.25, -0.2) is 9.97 Å². The maximum Gasteiger partial charge on any atom is 0.227 e. The molecule has 1 N–H and O–H groups in total. The summed E-state index contributed by atoms with van der Waals surface area (Å²) in [5.41, 5.74) is 0.849. The average molecular weight is 301 g/mol. The van der Waals surface area contributed by atoms with E-state index in [0.717, 1.165) is 55.9 Å². The molecule has 0 spiro atoms. The van der Waals surface area contributed by atoms with Gasteiger partial charge < -0.3 is 14.8 Å². The van der Waals surface area contributed by atoms with Crippen LogP contribution in [0.2, 0.25) is 0 Å². The summed E-state index contributed by atoms with van der Waals surface area (Å²) in [6.07, 6.45) is 5.45. The quantitative estimate of drug-likeness (QED) is 0.938. The van der Waals surface area contributed by atoms with E-state index in [1.165, 1.54) is 0 Å². The molecule has 1 aliphatic rings. The SMILES string of the molecule is CCN(CC)C(=O)C1CCCN(c2ncnc3[nH]ccc23)C1. The zero-order valence-electron chi connectivity index (χ0n) is 13.2. The van der Waals surface area contributed by atoms with Crippen LogP contribution in [-0.2, 0) is 4.79 Å². The third-order valence-electron chi connectivity index (χ3n) is 4.48. The molecular weight excluding hydrogens is 278 g/mol. The number of aromatic amines is 1. The monoisotopic (exact) mass is 301 g/mol. The molecular formula is C16H23N5O. The van der Waals surface area contributed by atoms with Crippen molar-refractivity contribution in [3.63, 3.8) is 0 Å². The Balaban J connectivity index is 1.81. The van der Waals surface area contributed by atoms with Crippen molar-refractivity contribution in [2.45, 2.75) is 26.7 Å². The third kappa shape index (κ3) is 2.65. The molecule has 1 unspecified atom stereocenters. The first kappa shape index (κ1) is 14.8. The molecule has 1 amide bonds. The predicted octanol–water partition coefficient (Wildman–Crippen LogP) is 2.04. The lowest BCUT2D eigenvalue weighted by Gasteiger charge is -2.35. The molecule has 3 rings (SSSR count). The molecule has 0 bridgehead atoms. The number of H-pyrrole nitrogens is 1. The standard InChI is InChI=1S/C16H23N5O/c1-3-20(4-2)16(22)12-6-5-9-21(10-12)15-13-7-8-17-14(13)18-11-19-15/h7-8,11-12H,3-6,9-10H2,1-2H3,(H,17,18,19). The minimum absolute atomic E-state index is 0.0672. The van der Waals surface area contributed by atoms with Gasteiger partial charge in [-0.2, -0.15) is 0 Å². The number of fused-ring (bicyclic) bond motifs is 1. The molecule has 1 saturated heterocycles. The first-order chi connectivity index (χ1) is 10.7. The van der Waals surface area contributed by atoms with E-state index in [2.05, 4.69) is 19.9 Å². The van der Waals surface area contributed by atoms with Crippen LogP contribution in [0.4, 0.5) is 5.82 Å². The smallest absolute Gasteiger partial charge is 0.227 e. The Morgan fingerprint density at radius 1 is 1.41 bits per heavy atom. The second-order valence-corrected chi connectivity index (χ2v) is 5.73. The molecule has 3 heterocycles. The van der Waals surface area contributed by atoms with Gasteiger partial charge in [-0.3, -0.25) is 4.79 Å². The highest BCUT2D eigenvalue weighted by atomic mass is 16.2. The normalized spacial score (nSPS) is 18.6. The Bertz CT molecular complexity index is 649. The Hall–Kier alpha value is -2.11. The van der Waals surface area contributed by atoms with Crippen molar-refractivity contribution < 1.29 is 4.79 Å². The number of nitrogens with zero attached hydrogens (tertiary/aromatic N) is 4. The highest BCUT2D eigenvalue weighted by Gasteiger charge is 2.29. The summed E-state index contributed by atoms with van der Waals surface area (Å²) in [6.45, 7) is 7.32. The molecule has 22 heavy (non-hydrogen) atoms. The summed E-state index contributed by atoms with van der Waals surface area (Å²) in [7, 11) is 0. The van der Waals surface area contributed by atoms with Crippen molar-refractivity contribution in [3.8, 4) is 0 Å². The lowest BCUT2D eigenvalue weighted by atomic mass is 9.96. The van der Waals surface area contributed by atoms with Crippen molar-refractivity contribution in [3.05, 3.63) is 18.6 Å². The van der Waals surface area contributed by atoms with Gasteiger partial charge in [0.2, 0.25) is 5.91 Å². The van der Waals surface area contributed by atoms with Crippen molar-refractivity contribution in [2.75, 3.05) is 31.1 Å². The van der Waals surface area contributed by atoms with Gasteiger partial charge in [0, 0.05) is 32.4 Å². The van der Waals surface area contributed by atoms with Gasteiger partial charge in [-0.1, -0.05) is 0 Å². The predicted molar refractivity (Wildman–Crippen MR) is 86.8 cm³/mol. The van der Waals surface area contributed by atoms with E-state index in [1.807, 2.05) is 31.0 Å². The number of hydrogen-bond donors (Lipinski definition) is 1. The topological polar surface area (TPSA) is 65.1 Å². The average Bonchev–Trinajstić information content (AvgIpc) is 3.04. The number of carbonyl (C=O) groups is 1. The van der Waals surface area contributed by atoms with E-state index in [-0.39, 0.29) is 11.8 Å². The van der Waals surface area contributed by atoms with Crippen LogP contribution in [0.5, 0.6) is 0 Å². The van der Waals surface area contributed by atoms with E-state index < -0.39 is 0 Å². The maximum absolute atomic E-state index is 12.6. The zero-order chi connectivity index (χ0) is 15.5. The molecule has 6 nitrogen and oxygen atoms in total. The lowest BCUT2D eigenvalue weighted by molar-refractivity contribution is -0.135. The largest absolute Gasteiger partial charge is 0.355 e. The van der Waals surface area contributed by atoms with E-state index in [1.54, 1.807) is 6.33 Å². The van der Waals surface area contributed by atoms with Crippen LogP contribution in [0.25, 0.3) is 11.0 Å². The number of anilines is 1. The van der Waals surface area contributed by atoms with Crippen LogP contribution < -0.4 is 4.90 Å². The first-order valence-corrected chi connectivity index (χ1v) is 8.06. The summed E-state index contributed by atoms with van der Waals surface area (Å²) in [5, 5.41) is 1.03. The Labute approximate surface area is 130 Å². The summed E-state index contributed by atoms with van der Waals surface area (Å²) in [4.78, 5) is 28.6. The number of piperidine rings is 1. The maximum atomic E-state index is 12.6. The molecule has 1 fully saturated rings. The lowest BCUT2D eigenvalue weighted by Crippen LogP contribution is -2.45. The molecule has 0 aromatic carbocycles. The van der Waals surface area contributed by atoms with Crippen LogP contribution in [0, 0.1) is 5.92 Å². The van der Waals surface area contributed by atoms with E-state index in [9.17, 15) is 4.79 Å². The van der Waals surface area contributed by atoms with Crippen molar-refractivity contribution in [1.29, 1.82) is 0 Å². The molecule has 6 heteroatoms. The fourth-order valence-corrected chi connectivity index (χ4v) is 3.28. The molecule has 118 valence electrons. The molecule has 2 aromatic heterocycles. The summed E-state index contributed by atoms with van der Waals surface area (Å²) < 4.78 is 0. The fraction of sp³-hybridized carbons (Fsp3) is 0.562. The Kier molecular flexibility index (Phi) is 4.27. The van der Waals surface area contributed by atoms with Crippen molar-refractivity contribution in [1.82, 2.24) is 19.9 Å².